The van der Waals surface area contributed by atoms with E-state index < -0.39 is 17.4 Å². The fraction of sp³-hybridized carbons (Fsp3) is 0.348. The first-order valence-electron chi connectivity index (χ1n) is 10.0. The lowest BCUT2D eigenvalue weighted by Crippen LogP contribution is -2.55. The monoisotopic (exact) mass is 409 g/mol. The minimum Gasteiger partial charge on any atom is -0.338 e. The molecular weight excluding hydrogens is 385 g/mol. The Balaban J connectivity index is 1.43. The summed E-state index contributed by atoms with van der Waals surface area (Å²) >= 11 is 0. The molecule has 2 fully saturated rings. The van der Waals surface area contributed by atoms with Gasteiger partial charge in [0.05, 0.1) is 6.54 Å². The topological polar surface area (TPSA) is 69.7 Å². The molecule has 2 heterocycles. The van der Waals surface area contributed by atoms with Gasteiger partial charge in [0.15, 0.2) is 0 Å². The maximum atomic E-state index is 13.8. The van der Waals surface area contributed by atoms with Gasteiger partial charge in [0, 0.05) is 18.7 Å². The van der Waals surface area contributed by atoms with Gasteiger partial charge < -0.3 is 10.2 Å². The Hall–Kier alpha value is -3.22. The molecule has 0 aliphatic carbocycles. The van der Waals surface area contributed by atoms with Crippen LogP contribution in [0, 0.1) is 19.7 Å². The molecule has 0 bridgehead atoms. The molecule has 2 aromatic rings. The Labute approximate surface area is 174 Å². The Morgan fingerprint density at radius 2 is 1.73 bits per heavy atom. The quantitative estimate of drug-likeness (QED) is 0.792. The van der Waals surface area contributed by atoms with Crippen LogP contribution in [0.5, 0.6) is 0 Å². The minimum atomic E-state index is -0.975. The molecule has 2 saturated heterocycles. The van der Waals surface area contributed by atoms with Gasteiger partial charge in [-0.05, 0) is 49.9 Å². The van der Waals surface area contributed by atoms with Crippen molar-refractivity contribution in [2.24, 2.45) is 0 Å². The molecule has 2 aliphatic heterocycles. The number of nitrogens with zero attached hydrogens (tertiary/aromatic N) is 2. The number of rotatable bonds is 3. The highest BCUT2D eigenvalue weighted by Gasteiger charge is 2.52. The Kier molecular flexibility index (Phi) is 5.05. The highest BCUT2D eigenvalue weighted by molar-refractivity contribution is 6.07. The highest BCUT2D eigenvalue weighted by Crippen LogP contribution is 2.31. The van der Waals surface area contributed by atoms with Gasteiger partial charge in [-0.2, -0.15) is 0 Å². The minimum absolute atomic E-state index is 0.220. The third kappa shape index (κ3) is 3.56. The van der Waals surface area contributed by atoms with E-state index in [2.05, 4.69) is 5.32 Å². The van der Waals surface area contributed by atoms with Gasteiger partial charge in [0.1, 0.15) is 11.4 Å². The first-order valence-corrected chi connectivity index (χ1v) is 10.0. The molecule has 0 unspecified atom stereocenters. The van der Waals surface area contributed by atoms with Crippen LogP contribution in [-0.4, -0.2) is 46.3 Å². The fourth-order valence-electron chi connectivity index (χ4n) is 4.03. The van der Waals surface area contributed by atoms with Crippen LogP contribution in [0.3, 0.4) is 0 Å². The molecule has 30 heavy (non-hydrogen) atoms. The van der Waals surface area contributed by atoms with Crippen LogP contribution >= 0.6 is 0 Å². The summed E-state index contributed by atoms with van der Waals surface area (Å²) < 4.78 is 13.8. The molecule has 0 aromatic heterocycles. The van der Waals surface area contributed by atoms with Gasteiger partial charge in [-0.15, -0.1) is 0 Å². The van der Waals surface area contributed by atoms with Gasteiger partial charge in [-0.25, -0.2) is 9.18 Å². The molecule has 0 radical (unpaired) electrons. The first-order chi connectivity index (χ1) is 14.3. The second kappa shape index (κ2) is 7.55. The second-order valence-electron chi connectivity index (χ2n) is 8.15. The summed E-state index contributed by atoms with van der Waals surface area (Å²) in [6.45, 7) is 4.48. The van der Waals surface area contributed by atoms with Crippen molar-refractivity contribution >= 4 is 17.8 Å². The zero-order chi connectivity index (χ0) is 21.5. The fourth-order valence-corrected chi connectivity index (χ4v) is 4.03. The number of nitrogens with one attached hydrogen (secondary N) is 1. The second-order valence-corrected chi connectivity index (χ2v) is 8.15. The molecule has 7 heteroatoms. The van der Waals surface area contributed by atoms with Crippen molar-refractivity contribution in [3.05, 3.63) is 70.5 Å². The molecule has 1 spiro atoms. The predicted octanol–water partition coefficient (Wildman–Crippen LogP) is 3.17. The number of hydrogen-bond donors (Lipinski definition) is 1. The van der Waals surface area contributed by atoms with Crippen LogP contribution < -0.4 is 5.32 Å². The molecule has 1 N–H and O–H groups in total. The van der Waals surface area contributed by atoms with Crippen LogP contribution in [-0.2, 0) is 11.3 Å². The van der Waals surface area contributed by atoms with E-state index in [1.807, 2.05) is 31.2 Å². The van der Waals surface area contributed by atoms with Gasteiger partial charge in [-0.1, -0.05) is 35.9 Å². The first kappa shape index (κ1) is 20.1. The number of piperidine rings is 1. The van der Waals surface area contributed by atoms with Crippen molar-refractivity contribution in [1.82, 2.24) is 15.1 Å². The van der Waals surface area contributed by atoms with E-state index in [9.17, 15) is 18.8 Å². The van der Waals surface area contributed by atoms with Crippen LogP contribution in [0.15, 0.2) is 42.5 Å². The molecule has 0 atom stereocenters. The molecule has 4 rings (SSSR count). The van der Waals surface area contributed by atoms with E-state index in [0.717, 1.165) is 11.1 Å². The Morgan fingerprint density at radius 1 is 1.07 bits per heavy atom. The zero-order valence-electron chi connectivity index (χ0n) is 17.1. The summed E-state index contributed by atoms with van der Waals surface area (Å²) in [5, 5.41) is 2.86. The molecule has 6 nitrogen and oxygen atoms in total. The molecular formula is C23H24FN3O3. The number of aryl methyl sites for hydroxylation is 2. The van der Waals surface area contributed by atoms with Crippen LogP contribution in [0.4, 0.5) is 9.18 Å². The maximum absolute atomic E-state index is 13.8. The summed E-state index contributed by atoms with van der Waals surface area (Å²) in [5.74, 6) is -0.933. The third-order valence-electron chi connectivity index (χ3n) is 6.03. The number of carbonyl (C=O) groups excluding carboxylic acids is 3. The molecule has 0 saturated carbocycles. The van der Waals surface area contributed by atoms with Crippen molar-refractivity contribution in [3.8, 4) is 0 Å². The van der Waals surface area contributed by atoms with Crippen molar-refractivity contribution in [2.75, 3.05) is 13.1 Å². The Morgan fingerprint density at radius 3 is 2.37 bits per heavy atom. The molecule has 2 aliphatic rings. The normalized spacial score (nSPS) is 18.1. The van der Waals surface area contributed by atoms with Gasteiger partial charge in [0.25, 0.3) is 11.8 Å². The van der Waals surface area contributed by atoms with Crippen molar-refractivity contribution in [3.63, 3.8) is 0 Å². The van der Waals surface area contributed by atoms with E-state index in [4.69, 9.17) is 0 Å². The third-order valence-corrected chi connectivity index (χ3v) is 6.03. The van der Waals surface area contributed by atoms with E-state index in [1.54, 1.807) is 24.0 Å². The molecule has 156 valence electrons. The molecule has 2 aromatic carbocycles. The molecule has 4 amide bonds. The van der Waals surface area contributed by atoms with E-state index in [0.29, 0.717) is 31.5 Å². The SMILES string of the molecule is Cc1ccc(CN2C(=O)NC3(CCN(C(=O)c4ccc(C)c(F)c4)CC3)C2=O)cc1. The number of likely N-dealkylation sites (tertiary alicyclic amines) is 1. The number of carbonyl (C=O) groups is 3. The summed E-state index contributed by atoms with van der Waals surface area (Å²) in [6.07, 6.45) is 0.671. The van der Waals surface area contributed by atoms with E-state index in [-0.39, 0.29) is 23.9 Å². The smallest absolute Gasteiger partial charge is 0.325 e. The zero-order valence-corrected chi connectivity index (χ0v) is 17.1. The average Bonchev–Trinajstić information content (AvgIpc) is 2.95. The van der Waals surface area contributed by atoms with Crippen molar-refractivity contribution in [1.29, 1.82) is 0 Å². The lowest BCUT2D eigenvalue weighted by molar-refractivity contribution is -0.133. The van der Waals surface area contributed by atoms with Gasteiger partial charge in [-0.3, -0.25) is 14.5 Å². The number of halogens is 1. The van der Waals surface area contributed by atoms with Crippen LogP contribution in [0.2, 0.25) is 0 Å². The summed E-state index contributed by atoms with van der Waals surface area (Å²) in [5.41, 5.74) is 1.79. The number of urea groups is 1. The highest BCUT2D eigenvalue weighted by atomic mass is 19.1. The van der Waals surface area contributed by atoms with Crippen molar-refractivity contribution in [2.45, 2.75) is 38.8 Å². The lowest BCUT2D eigenvalue weighted by Gasteiger charge is -2.37. The summed E-state index contributed by atoms with van der Waals surface area (Å²) in [7, 11) is 0. The van der Waals surface area contributed by atoms with Crippen LogP contribution in [0.1, 0.15) is 39.9 Å². The standard InChI is InChI=1S/C23H24FN3O3/c1-15-3-6-17(7-4-15)14-27-21(29)23(25-22(27)30)9-11-26(12-10-23)20(28)18-8-5-16(2)19(24)13-18/h3-8,13H,9-12,14H2,1-2H3,(H,25,30). The average molecular weight is 409 g/mol. The maximum Gasteiger partial charge on any atom is 0.325 e. The number of imide groups is 1. The Bertz CT molecular complexity index is 1010. The van der Waals surface area contributed by atoms with Crippen molar-refractivity contribution < 1.29 is 18.8 Å². The number of hydrogen-bond acceptors (Lipinski definition) is 3. The van der Waals surface area contributed by atoms with Gasteiger partial charge in [0.2, 0.25) is 0 Å². The van der Waals surface area contributed by atoms with E-state index >= 15 is 0 Å². The van der Waals surface area contributed by atoms with Gasteiger partial charge >= 0.3 is 6.03 Å². The summed E-state index contributed by atoms with van der Waals surface area (Å²) in [4.78, 5) is 41.2. The predicted molar refractivity (Wildman–Crippen MR) is 109 cm³/mol. The number of amides is 4. The number of benzene rings is 2. The largest absolute Gasteiger partial charge is 0.338 e. The van der Waals surface area contributed by atoms with Crippen LogP contribution in [0.25, 0.3) is 0 Å². The lowest BCUT2D eigenvalue weighted by atomic mass is 9.87. The summed E-state index contributed by atoms with van der Waals surface area (Å²) in [6, 6.07) is 11.7. The van der Waals surface area contributed by atoms with E-state index in [1.165, 1.54) is 11.0 Å².